The van der Waals surface area contributed by atoms with Crippen LogP contribution >= 0.6 is 0 Å². The van der Waals surface area contributed by atoms with Crippen LogP contribution in [0.4, 0.5) is 0 Å². The van der Waals surface area contributed by atoms with Gasteiger partial charge in [-0.15, -0.1) is 5.10 Å². The summed E-state index contributed by atoms with van der Waals surface area (Å²) in [5.74, 6) is 2.49. The van der Waals surface area contributed by atoms with Crippen LogP contribution < -0.4 is 0 Å². The Morgan fingerprint density at radius 2 is 1.61 bits per heavy atom. The van der Waals surface area contributed by atoms with E-state index in [1.54, 1.807) is 0 Å². The highest BCUT2D eigenvalue weighted by atomic mass is 15.5. The molecular formula is C19H20N4. The highest BCUT2D eigenvalue weighted by Gasteiger charge is 2.53. The van der Waals surface area contributed by atoms with Gasteiger partial charge in [-0.1, -0.05) is 35.5 Å². The van der Waals surface area contributed by atoms with E-state index >= 15 is 0 Å². The fraction of sp³-hybridized carbons (Fsp3) is 0.526. The molecule has 0 spiro atoms. The van der Waals surface area contributed by atoms with E-state index in [9.17, 15) is 5.26 Å². The van der Waals surface area contributed by atoms with Gasteiger partial charge < -0.3 is 0 Å². The summed E-state index contributed by atoms with van der Waals surface area (Å²) in [6, 6.07) is 12.4. The Morgan fingerprint density at radius 3 is 2.17 bits per heavy atom. The molecule has 0 amide bonds. The standard InChI is InChI=1S/C19H20N4/c20-12-17-18(16-4-2-1-3-5-16)21-22-23(17)19-9-13-6-14(10-19)8-15(7-13)11-19/h1-5,13-15H,6-11H2. The van der Waals surface area contributed by atoms with E-state index in [0.717, 1.165) is 29.0 Å². The first-order valence-corrected chi connectivity index (χ1v) is 8.69. The van der Waals surface area contributed by atoms with Crippen LogP contribution in [0.15, 0.2) is 30.3 Å². The zero-order valence-electron chi connectivity index (χ0n) is 13.2. The summed E-state index contributed by atoms with van der Waals surface area (Å²) < 4.78 is 2.01. The number of aromatic nitrogens is 3. The molecule has 4 bridgehead atoms. The van der Waals surface area contributed by atoms with Crippen LogP contribution in [-0.4, -0.2) is 15.0 Å². The van der Waals surface area contributed by atoms with Crippen molar-refractivity contribution < 1.29 is 0 Å². The van der Waals surface area contributed by atoms with Gasteiger partial charge >= 0.3 is 0 Å². The lowest BCUT2D eigenvalue weighted by atomic mass is 9.53. The molecular weight excluding hydrogens is 284 g/mol. The Morgan fingerprint density at radius 1 is 1.00 bits per heavy atom. The SMILES string of the molecule is N#Cc1c(-c2ccccc2)nnn1C12CC3CC(CC(C3)C1)C2. The lowest BCUT2D eigenvalue weighted by Gasteiger charge is -2.56. The molecule has 4 saturated carbocycles. The molecule has 4 nitrogen and oxygen atoms in total. The second-order valence-corrected chi connectivity index (χ2v) is 7.82. The van der Waals surface area contributed by atoms with E-state index in [1.807, 2.05) is 35.0 Å². The van der Waals surface area contributed by atoms with Crippen LogP contribution in [0, 0.1) is 29.1 Å². The predicted octanol–water partition coefficient (Wildman–Crippen LogP) is 3.74. The maximum Gasteiger partial charge on any atom is 0.167 e. The van der Waals surface area contributed by atoms with Crippen molar-refractivity contribution in [3.8, 4) is 17.3 Å². The largest absolute Gasteiger partial charge is 0.228 e. The molecule has 4 aliphatic rings. The van der Waals surface area contributed by atoms with E-state index in [0.29, 0.717) is 5.69 Å². The van der Waals surface area contributed by atoms with Crippen molar-refractivity contribution in [1.29, 1.82) is 5.26 Å². The molecule has 4 aliphatic carbocycles. The molecule has 2 aromatic rings. The molecule has 0 N–H and O–H groups in total. The van der Waals surface area contributed by atoms with Crippen molar-refractivity contribution in [1.82, 2.24) is 15.0 Å². The van der Waals surface area contributed by atoms with E-state index in [-0.39, 0.29) is 5.54 Å². The first kappa shape index (κ1) is 13.3. The molecule has 0 radical (unpaired) electrons. The van der Waals surface area contributed by atoms with Crippen LogP contribution in [0.2, 0.25) is 0 Å². The highest BCUT2D eigenvalue weighted by molar-refractivity contribution is 5.64. The molecule has 0 unspecified atom stereocenters. The molecule has 4 heteroatoms. The molecule has 0 atom stereocenters. The normalized spacial score (nSPS) is 34.5. The van der Waals surface area contributed by atoms with Crippen LogP contribution in [0.3, 0.4) is 0 Å². The number of hydrogen-bond acceptors (Lipinski definition) is 3. The first-order valence-electron chi connectivity index (χ1n) is 8.69. The highest BCUT2D eigenvalue weighted by Crippen LogP contribution is 2.59. The monoisotopic (exact) mass is 304 g/mol. The fourth-order valence-electron chi connectivity index (χ4n) is 5.83. The summed E-state index contributed by atoms with van der Waals surface area (Å²) in [4.78, 5) is 0. The number of rotatable bonds is 2. The average Bonchev–Trinajstić information content (AvgIpc) is 2.99. The number of benzene rings is 1. The van der Waals surface area contributed by atoms with E-state index < -0.39 is 0 Å². The third-order valence-corrected chi connectivity index (χ3v) is 6.28. The summed E-state index contributed by atoms with van der Waals surface area (Å²) >= 11 is 0. The van der Waals surface area contributed by atoms with Crippen LogP contribution in [-0.2, 0) is 5.54 Å². The predicted molar refractivity (Wildman–Crippen MR) is 86.3 cm³/mol. The average molecular weight is 304 g/mol. The second kappa shape index (κ2) is 4.67. The van der Waals surface area contributed by atoms with Crippen molar-refractivity contribution in [3.05, 3.63) is 36.0 Å². The number of hydrogen-bond donors (Lipinski definition) is 0. The molecule has 1 aromatic heterocycles. The second-order valence-electron chi connectivity index (χ2n) is 7.82. The summed E-state index contributed by atoms with van der Waals surface area (Å²) in [6.07, 6.45) is 7.73. The van der Waals surface area contributed by atoms with Gasteiger partial charge in [-0.25, -0.2) is 4.68 Å². The summed E-state index contributed by atoms with van der Waals surface area (Å²) in [5.41, 5.74) is 2.43. The molecule has 6 rings (SSSR count). The molecule has 4 fully saturated rings. The molecule has 1 heterocycles. The zero-order valence-corrected chi connectivity index (χ0v) is 13.2. The van der Waals surface area contributed by atoms with Gasteiger partial charge in [0.2, 0.25) is 0 Å². The zero-order chi connectivity index (χ0) is 15.4. The van der Waals surface area contributed by atoms with Gasteiger partial charge in [0.05, 0.1) is 5.54 Å². The molecule has 23 heavy (non-hydrogen) atoms. The van der Waals surface area contributed by atoms with E-state index in [2.05, 4.69) is 16.4 Å². The number of nitriles is 1. The van der Waals surface area contributed by atoms with Crippen molar-refractivity contribution in [2.75, 3.05) is 0 Å². The van der Waals surface area contributed by atoms with E-state index in [1.165, 1.54) is 38.5 Å². The van der Waals surface area contributed by atoms with Crippen molar-refractivity contribution in [2.24, 2.45) is 17.8 Å². The summed E-state index contributed by atoms with van der Waals surface area (Å²) in [7, 11) is 0. The van der Waals surface area contributed by atoms with Gasteiger partial charge in [-0.2, -0.15) is 5.26 Å². The lowest BCUT2D eigenvalue weighted by Crippen LogP contribution is -2.52. The van der Waals surface area contributed by atoms with Gasteiger partial charge in [-0.05, 0) is 56.3 Å². The smallest absolute Gasteiger partial charge is 0.167 e. The summed E-state index contributed by atoms with van der Waals surface area (Å²) in [6.45, 7) is 0. The quantitative estimate of drug-likeness (QED) is 0.849. The fourth-order valence-corrected chi connectivity index (χ4v) is 5.83. The van der Waals surface area contributed by atoms with Gasteiger partial charge in [0, 0.05) is 5.56 Å². The van der Waals surface area contributed by atoms with Crippen LogP contribution in [0.25, 0.3) is 11.3 Å². The lowest BCUT2D eigenvalue weighted by molar-refractivity contribution is -0.0506. The van der Waals surface area contributed by atoms with E-state index in [4.69, 9.17) is 0 Å². The number of nitrogens with zero attached hydrogens (tertiary/aromatic N) is 4. The van der Waals surface area contributed by atoms with Crippen molar-refractivity contribution in [2.45, 2.75) is 44.1 Å². The van der Waals surface area contributed by atoms with Crippen molar-refractivity contribution >= 4 is 0 Å². The van der Waals surface area contributed by atoms with Gasteiger partial charge in [0.25, 0.3) is 0 Å². The molecule has 0 aliphatic heterocycles. The Hall–Kier alpha value is -2.15. The first-order chi connectivity index (χ1) is 11.3. The third kappa shape index (κ3) is 1.89. The Labute approximate surface area is 136 Å². The van der Waals surface area contributed by atoms with Gasteiger partial charge in [-0.3, -0.25) is 0 Å². The minimum absolute atomic E-state index is 0.0554. The summed E-state index contributed by atoms with van der Waals surface area (Å²) in [5, 5.41) is 18.7. The molecule has 1 aromatic carbocycles. The minimum Gasteiger partial charge on any atom is -0.228 e. The van der Waals surface area contributed by atoms with Gasteiger partial charge in [0.15, 0.2) is 5.69 Å². The Kier molecular flexibility index (Phi) is 2.70. The Bertz CT molecular complexity index is 748. The Balaban J connectivity index is 1.62. The molecule has 116 valence electrons. The third-order valence-electron chi connectivity index (χ3n) is 6.28. The van der Waals surface area contributed by atoms with Crippen molar-refractivity contribution in [3.63, 3.8) is 0 Å². The van der Waals surface area contributed by atoms with Crippen LogP contribution in [0.5, 0.6) is 0 Å². The molecule has 0 saturated heterocycles. The maximum absolute atomic E-state index is 9.80. The van der Waals surface area contributed by atoms with Gasteiger partial charge in [0.1, 0.15) is 11.8 Å². The van der Waals surface area contributed by atoms with Crippen LogP contribution in [0.1, 0.15) is 44.2 Å². The maximum atomic E-state index is 9.80. The topological polar surface area (TPSA) is 54.5 Å². The minimum atomic E-state index is 0.0554.